The Morgan fingerprint density at radius 1 is 1.37 bits per heavy atom. The normalized spacial score (nSPS) is 26.8. The number of aryl methyl sites for hydroxylation is 2. The molecule has 3 N–H and O–H groups in total. The van der Waals surface area contributed by atoms with E-state index in [1.807, 2.05) is 11.6 Å². The van der Waals surface area contributed by atoms with E-state index in [0.717, 1.165) is 30.2 Å². The largest absolute Gasteiger partial charge is 0.394 e. The summed E-state index contributed by atoms with van der Waals surface area (Å²) in [5.41, 5.74) is 7.96. The van der Waals surface area contributed by atoms with Crippen molar-refractivity contribution < 1.29 is 0 Å². The van der Waals surface area contributed by atoms with Crippen LogP contribution in [0.25, 0.3) is 0 Å². The van der Waals surface area contributed by atoms with Crippen molar-refractivity contribution in [2.75, 3.05) is 24.1 Å². The topological polar surface area (TPSA) is 59.1 Å². The molecular formula is C14H25N5. The fourth-order valence-electron chi connectivity index (χ4n) is 3.55. The Labute approximate surface area is 115 Å². The van der Waals surface area contributed by atoms with Crippen molar-refractivity contribution in [2.24, 2.45) is 0 Å². The van der Waals surface area contributed by atoms with Gasteiger partial charge in [-0.2, -0.15) is 5.10 Å². The van der Waals surface area contributed by atoms with E-state index in [-0.39, 0.29) is 0 Å². The summed E-state index contributed by atoms with van der Waals surface area (Å²) in [7, 11) is 0. The first-order valence-corrected chi connectivity index (χ1v) is 7.54. The lowest BCUT2D eigenvalue weighted by atomic mass is 10.1. The molecule has 3 rings (SSSR count). The highest BCUT2D eigenvalue weighted by molar-refractivity contribution is 5.65. The van der Waals surface area contributed by atoms with Crippen molar-refractivity contribution in [3.8, 4) is 0 Å². The molecule has 5 heteroatoms. The summed E-state index contributed by atoms with van der Waals surface area (Å²) in [6.45, 7) is 7.59. The number of nitrogens with one attached hydrogen (secondary N) is 1. The number of fused-ring (bicyclic) bond motifs is 1. The van der Waals surface area contributed by atoms with Gasteiger partial charge >= 0.3 is 0 Å². The van der Waals surface area contributed by atoms with Gasteiger partial charge in [-0.15, -0.1) is 0 Å². The summed E-state index contributed by atoms with van der Waals surface area (Å²) in [5.74, 6) is 1.04. The van der Waals surface area contributed by atoms with E-state index in [4.69, 9.17) is 5.73 Å². The Balaban J connectivity index is 1.79. The quantitative estimate of drug-likeness (QED) is 0.870. The smallest absolute Gasteiger partial charge is 0.148 e. The molecule has 106 valence electrons. The molecule has 0 amide bonds. The predicted octanol–water partition coefficient (Wildman–Crippen LogP) is 1.83. The first kappa shape index (κ1) is 12.8. The molecule has 2 atom stereocenters. The van der Waals surface area contributed by atoms with Gasteiger partial charge in [-0.3, -0.25) is 4.90 Å². The third kappa shape index (κ3) is 2.20. The summed E-state index contributed by atoms with van der Waals surface area (Å²) in [6, 6.07) is 1.24. The monoisotopic (exact) mass is 263 g/mol. The maximum absolute atomic E-state index is 6.19. The van der Waals surface area contributed by atoms with E-state index < -0.39 is 0 Å². The molecule has 0 bridgehead atoms. The SMILES string of the molecule is CCCn1nc(C)c(N)c1NC1CCN2CCCC12. The fraction of sp³-hybridized carbons (Fsp3) is 0.786. The summed E-state index contributed by atoms with van der Waals surface area (Å²) < 4.78 is 2.04. The van der Waals surface area contributed by atoms with Gasteiger partial charge in [-0.1, -0.05) is 6.92 Å². The Bertz CT molecular complexity index is 453. The van der Waals surface area contributed by atoms with Crippen molar-refractivity contribution in [3.63, 3.8) is 0 Å². The maximum atomic E-state index is 6.19. The number of aromatic nitrogens is 2. The zero-order valence-corrected chi connectivity index (χ0v) is 12.0. The third-order valence-electron chi connectivity index (χ3n) is 4.54. The van der Waals surface area contributed by atoms with E-state index in [1.54, 1.807) is 0 Å². The van der Waals surface area contributed by atoms with Crippen LogP contribution in [0.15, 0.2) is 0 Å². The number of hydrogen-bond acceptors (Lipinski definition) is 4. The highest BCUT2D eigenvalue weighted by Crippen LogP contribution is 2.32. The van der Waals surface area contributed by atoms with Crippen LogP contribution in [0.4, 0.5) is 11.5 Å². The van der Waals surface area contributed by atoms with E-state index in [2.05, 4.69) is 22.2 Å². The van der Waals surface area contributed by atoms with E-state index in [9.17, 15) is 0 Å². The fourth-order valence-corrected chi connectivity index (χ4v) is 3.55. The van der Waals surface area contributed by atoms with E-state index in [1.165, 1.54) is 32.4 Å². The van der Waals surface area contributed by atoms with Crippen LogP contribution in [0, 0.1) is 6.92 Å². The number of rotatable bonds is 4. The number of nitrogens with zero attached hydrogens (tertiary/aromatic N) is 3. The van der Waals surface area contributed by atoms with Crippen LogP contribution in [0.1, 0.15) is 38.3 Å². The van der Waals surface area contributed by atoms with E-state index >= 15 is 0 Å². The van der Waals surface area contributed by atoms with Gasteiger partial charge in [0.1, 0.15) is 5.82 Å². The Morgan fingerprint density at radius 2 is 2.21 bits per heavy atom. The summed E-state index contributed by atoms with van der Waals surface area (Å²) in [4.78, 5) is 2.61. The van der Waals surface area contributed by atoms with Gasteiger partial charge in [0, 0.05) is 25.2 Å². The second-order valence-corrected chi connectivity index (χ2v) is 5.86. The Hall–Kier alpha value is -1.23. The molecule has 19 heavy (non-hydrogen) atoms. The average Bonchev–Trinajstić information content (AvgIpc) is 3.03. The van der Waals surface area contributed by atoms with Gasteiger partial charge in [-0.25, -0.2) is 4.68 Å². The van der Waals surface area contributed by atoms with Crippen molar-refractivity contribution in [1.82, 2.24) is 14.7 Å². The van der Waals surface area contributed by atoms with Crippen LogP contribution in [0.3, 0.4) is 0 Å². The predicted molar refractivity (Wildman–Crippen MR) is 78.3 cm³/mol. The molecule has 0 radical (unpaired) electrons. The molecule has 3 heterocycles. The van der Waals surface area contributed by atoms with Crippen LogP contribution in [0.2, 0.25) is 0 Å². The molecule has 0 aromatic carbocycles. The summed E-state index contributed by atoms with van der Waals surface area (Å²) in [5, 5.41) is 8.23. The lowest BCUT2D eigenvalue weighted by molar-refractivity contribution is 0.318. The zero-order valence-electron chi connectivity index (χ0n) is 12.0. The number of nitrogen functional groups attached to an aromatic ring is 1. The molecule has 0 spiro atoms. The molecule has 0 saturated carbocycles. The van der Waals surface area contributed by atoms with Crippen LogP contribution in [0.5, 0.6) is 0 Å². The lowest BCUT2D eigenvalue weighted by Crippen LogP contribution is -2.34. The van der Waals surface area contributed by atoms with Gasteiger partial charge < -0.3 is 11.1 Å². The van der Waals surface area contributed by atoms with Crippen molar-refractivity contribution in [1.29, 1.82) is 0 Å². The molecule has 1 aromatic heterocycles. The molecular weight excluding hydrogens is 238 g/mol. The second-order valence-electron chi connectivity index (χ2n) is 5.86. The standard InChI is InChI=1S/C14H25N5/c1-3-7-19-14(13(15)10(2)17-19)16-11-6-9-18-8-4-5-12(11)18/h11-12,16H,3-9,15H2,1-2H3. The minimum absolute atomic E-state index is 0.538. The van der Waals surface area contributed by atoms with Crippen molar-refractivity contribution in [3.05, 3.63) is 5.69 Å². The van der Waals surface area contributed by atoms with Crippen molar-refractivity contribution in [2.45, 2.75) is 58.2 Å². The van der Waals surface area contributed by atoms with Crippen LogP contribution < -0.4 is 11.1 Å². The third-order valence-corrected chi connectivity index (χ3v) is 4.54. The molecule has 2 aliphatic rings. The summed E-state index contributed by atoms with van der Waals surface area (Å²) in [6.07, 6.45) is 4.96. The number of anilines is 2. The molecule has 2 saturated heterocycles. The molecule has 0 aliphatic carbocycles. The number of hydrogen-bond donors (Lipinski definition) is 2. The van der Waals surface area contributed by atoms with Gasteiger partial charge in [0.25, 0.3) is 0 Å². The van der Waals surface area contributed by atoms with Crippen LogP contribution in [-0.4, -0.2) is 39.9 Å². The molecule has 1 aromatic rings. The minimum atomic E-state index is 0.538. The first-order valence-electron chi connectivity index (χ1n) is 7.54. The average molecular weight is 263 g/mol. The molecule has 2 fully saturated rings. The lowest BCUT2D eigenvalue weighted by Gasteiger charge is -2.23. The second kappa shape index (κ2) is 5.04. The Kier molecular flexibility index (Phi) is 3.39. The zero-order chi connectivity index (χ0) is 13.4. The highest BCUT2D eigenvalue weighted by atomic mass is 15.4. The van der Waals surface area contributed by atoms with E-state index in [0.29, 0.717) is 12.1 Å². The molecule has 5 nitrogen and oxygen atoms in total. The first-order chi connectivity index (χ1) is 9.20. The Morgan fingerprint density at radius 3 is 3.00 bits per heavy atom. The van der Waals surface area contributed by atoms with Gasteiger partial charge in [0.2, 0.25) is 0 Å². The van der Waals surface area contributed by atoms with Crippen molar-refractivity contribution >= 4 is 11.5 Å². The van der Waals surface area contributed by atoms with Crippen LogP contribution in [-0.2, 0) is 6.54 Å². The minimum Gasteiger partial charge on any atom is -0.394 e. The van der Waals surface area contributed by atoms with Gasteiger partial charge in [-0.05, 0) is 39.2 Å². The molecule has 2 unspecified atom stereocenters. The van der Waals surface area contributed by atoms with Gasteiger partial charge in [0.05, 0.1) is 11.4 Å². The van der Waals surface area contributed by atoms with Gasteiger partial charge in [0.15, 0.2) is 0 Å². The van der Waals surface area contributed by atoms with Crippen LogP contribution >= 0.6 is 0 Å². The highest BCUT2D eigenvalue weighted by Gasteiger charge is 2.37. The summed E-state index contributed by atoms with van der Waals surface area (Å²) >= 11 is 0. The maximum Gasteiger partial charge on any atom is 0.148 e. The molecule has 2 aliphatic heterocycles. The number of nitrogens with two attached hydrogens (primary N) is 1.